The highest BCUT2D eigenvalue weighted by molar-refractivity contribution is 6.03. The van der Waals surface area contributed by atoms with Crippen molar-refractivity contribution >= 4 is 29.3 Å². The number of nitrogens with one attached hydrogen (secondary N) is 1. The molecule has 8 rings (SSSR count). The number of fused-ring (bicyclic) bond motifs is 3. The number of amides is 2. The summed E-state index contributed by atoms with van der Waals surface area (Å²) in [6, 6.07) is 20.6. The minimum Gasteiger partial charge on any atom is -0.459 e. The van der Waals surface area contributed by atoms with Crippen molar-refractivity contribution in [2.45, 2.75) is 147 Å². The highest BCUT2D eigenvalue weighted by Gasteiger charge is 2.66. The van der Waals surface area contributed by atoms with Gasteiger partial charge in [0.05, 0.1) is 28.1 Å². The number of allylic oxidation sites excluding steroid dienone is 1. The van der Waals surface area contributed by atoms with Gasteiger partial charge >= 0.3 is 12.2 Å². The normalized spacial score (nSPS) is 20.6. The third kappa shape index (κ3) is 15.3. The number of benzene rings is 4. The molecule has 1 saturated carbocycles. The average molecular weight is 1130 g/mol. The molecule has 0 radical (unpaired) electrons. The van der Waals surface area contributed by atoms with E-state index in [0.717, 1.165) is 30.4 Å². The summed E-state index contributed by atoms with van der Waals surface area (Å²) in [6.45, 7) is 6.48. The van der Waals surface area contributed by atoms with Crippen LogP contribution in [0.25, 0.3) is 0 Å². The van der Waals surface area contributed by atoms with Crippen molar-refractivity contribution in [1.29, 1.82) is 0 Å². The van der Waals surface area contributed by atoms with Crippen molar-refractivity contribution < 1.29 is 62.9 Å². The summed E-state index contributed by atoms with van der Waals surface area (Å²) >= 11 is 0. The van der Waals surface area contributed by atoms with Gasteiger partial charge in [-0.1, -0.05) is 101 Å². The number of nitro groups is 2. The average Bonchev–Trinajstić information content (AvgIpc) is 2.19. The second-order valence-electron chi connectivity index (χ2n) is 21.4. The van der Waals surface area contributed by atoms with Crippen LogP contribution in [0.1, 0.15) is 139 Å². The van der Waals surface area contributed by atoms with Gasteiger partial charge < -0.3 is 48.8 Å². The van der Waals surface area contributed by atoms with Crippen LogP contribution in [-0.2, 0) is 22.7 Å². The molecular formula is C62H77N5O15. The zero-order valence-corrected chi connectivity index (χ0v) is 46.8. The second kappa shape index (κ2) is 30.0. The Hall–Kier alpha value is -7.55. The first-order chi connectivity index (χ1) is 40.0. The Bertz CT molecular complexity index is 2860. The minimum atomic E-state index is -1.75. The van der Waals surface area contributed by atoms with Gasteiger partial charge in [-0.15, -0.1) is 6.58 Å². The summed E-state index contributed by atoms with van der Waals surface area (Å²) in [6.07, 6.45) is 17.7. The molecular weight excluding hydrogens is 1050 g/mol. The van der Waals surface area contributed by atoms with Crippen LogP contribution < -0.4 is 29.0 Å². The van der Waals surface area contributed by atoms with E-state index >= 15 is 4.79 Å². The van der Waals surface area contributed by atoms with Crippen LogP contribution in [0.4, 0.5) is 21.0 Å². The number of unbranched alkanes of at least 4 members (excludes halogenated alkanes) is 11. The second-order valence-corrected chi connectivity index (χ2v) is 21.4. The highest BCUT2D eigenvalue weighted by atomic mass is 16.7. The van der Waals surface area contributed by atoms with Crippen LogP contribution in [0, 0.1) is 38.0 Å². The van der Waals surface area contributed by atoms with E-state index in [1.165, 1.54) is 86.2 Å². The number of oxime groups is 1. The summed E-state index contributed by atoms with van der Waals surface area (Å²) in [5.74, 6) is -1.61. The molecule has 6 atom stereocenters. The molecule has 0 bridgehead atoms. The van der Waals surface area contributed by atoms with Crippen LogP contribution in [0.5, 0.6) is 28.7 Å². The molecule has 1 fully saturated rings. The molecule has 0 saturated heterocycles. The summed E-state index contributed by atoms with van der Waals surface area (Å²) < 4.78 is 38.2. The Morgan fingerprint density at radius 2 is 1.40 bits per heavy atom. The first-order valence-corrected chi connectivity index (χ1v) is 29.0. The SMILES string of the molecule is C=CCOC12Oc3ccc(OC(=O)NCCCCCCCCCCCC)cc3C3C(CCCCO)C(CCCCO)C=C(C(=NOCc4ccc([N+](=O)[O-])cc4)CC1N(Cc1ccc4c(c1)OCO4)C(=O)Oc1ccc([N+](=O)[O-])cc1)C32. The van der Waals surface area contributed by atoms with Crippen LogP contribution in [-0.4, -0.2) is 87.8 Å². The number of carbonyl (C=O) groups is 2. The Kier molecular flexibility index (Phi) is 22.1. The van der Waals surface area contributed by atoms with Crippen LogP contribution in [0.2, 0.25) is 0 Å². The van der Waals surface area contributed by atoms with Crippen molar-refractivity contribution in [2.24, 2.45) is 22.9 Å². The van der Waals surface area contributed by atoms with Gasteiger partial charge in [-0.25, -0.2) is 9.59 Å². The molecule has 2 aliphatic heterocycles. The molecule has 82 heavy (non-hydrogen) atoms. The van der Waals surface area contributed by atoms with Crippen LogP contribution in [0.3, 0.4) is 0 Å². The van der Waals surface area contributed by atoms with Crippen molar-refractivity contribution in [3.05, 3.63) is 146 Å². The van der Waals surface area contributed by atoms with Gasteiger partial charge in [0.25, 0.3) is 11.4 Å². The lowest BCUT2D eigenvalue weighted by atomic mass is 9.55. The fourth-order valence-corrected chi connectivity index (χ4v) is 11.9. The molecule has 6 unspecified atom stereocenters. The van der Waals surface area contributed by atoms with E-state index in [1.807, 2.05) is 6.07 Å². The number of nitro benzene ring substituents is 2. The van der Waals surface area contributed by atoms with Crippen molar-refractivity contribution in [3.63, 3.8) is 0 Å². The smallest absolute Gasteiger partial charge is 0.416 e. The number of ether oxygens (including phenoxy) is 6. The fraction of sp³-hybridized carbons (Fsp3) is 0.500. The number of non-ortho nitro benzene ring substituents is 2. The number of hydrogen-bond donors (Lipinski definition) is 3. The van der Waals surface area contributed by atoms with E-state index in [0.29, 0.717) is 79.2 Å². The predicted octanol–water partition coefficient (Wildman–Crippen LogP) is 12.8. The lowest BCUT2D eigenvalue weighted by Gasteiger charge is -2.59. The predicted molar refractivity (Wildman–Crippen MR) is 306 cm³/mol. The number of rotatable bonds is 32. The number of carbonyl (C=O) groups excluding carboxylic acids is 2. The Morgan fingerprint density at radius 1 is 0.768 bits per heavy atom. The van der Waals surface area contributed by atoms with E-state index in [2.05, 4.69) is 24.9 Å². The van der Waals surface area contributed by atoms with Gasteiger partial charge in [0.2, 0.25) is 12.6 Å². The Morgan fingerprint density at radius 3 is 2.09 bits per heavy atom. The molecule has 2 amide bonds. The first-order valence-electron chi connectivity index (χ1n) is 29.0. The van der Waals surface area contributed by atoms with Gasteiger partial charge in [0.15, 0.2) is 11.5 Å². The molecule has 4 aliphatic rings. The topological polar surface area (TPSA) is 253 Å². The third-order valence-corrected chi connectivity index (χ3v) is 15.9. The third-order valence-electron chi connectivity index (χ3n) is 15.9. The maximum atomic E-state index is 15.4. The molecule has 2 heterocycles. The molecule has 2 aliphatic carbocycles. The van der Waals surface area contributed by atoms with Gasteiger partial charge in [0.1, 0.15) is 29.9 Å². The van der Waals surface area contributed by atoms with E-state index in [9.17, 15) is 35.2 Å². The quantitative estimate of drug-likeness (QED) is 0.0178. The number of nitrogens with zero attached hydrogens (tertiary/aromatic N) is 4. The maximum Gasteiger partial charge on any atom is 0.416 e. The number of aliphatic hydroxyl groups excluding tert-OH is 2. The molecule has 440 valence electrons. The van der Waals surface area contributed by atoms with Gasteiger partial charge in [-0.3, -0.25) is 25.1 Å². The first kappa shape index (κ1) is 60.5. The van der Waals surface area contributed by atoms with Crippen molar-refractivity contribution in [2.75, 3.05) is 33.2 Å². The molecule has 3 N–H and O–H groups in total. The van der Waals surface area contributed by atoms with Gasteiger partial charge in [-0.05, 0) is 115 Å². The van der Waals surface area contributed by atoms with Gasteiger partial charge in [0, 0.05) is 68.5 Å². The van der Waals surface area contributed by atoms with E-state index in [-0.39, 0.29) is 80.9 Å². The molecule has 0 spiro atoms. The van der Waals surface area contributed by atoms with E-state index < -0.39 is 45.7 Å². The molecule has 20 heteroatoms. The Balaban J connectivity index is 1.22. The molecule has 0 aromatic heterocycles. The van der Waals surface area contributed by atoms with Crippen LogP contribution in [0.15, 0.2) is 114 Å². The largest absolute Gasteiger partial charge is 0.459 e. The Labute approximate surface area is 478 Å². The lowest BCUT2D eigenvalue weighted by Crippen LogP contribution is -2.70. The summed E-state index contributed by atoms with van der Waals surface area (Å²) in [5, 5.41) is 51.3. The molecule has 4 aromatic carbocycles. The summed E-state index contributed by atoms with van der Waals surface area (Å²) in [7, 11) is 0. The summed E-state index contributed by atoms with van der Waals surface area (Å²) in [4.78, 5) is 58.8. The lowest BCUT2D eigenvalue weighted by molar-refractivity contribution is -0.385. The summed E-state index contributed by atoms with van der Waals surface area (Å²) in [5.41, 5.74) is 2.84. The molecule has 20 nitrogen and oxygen atoms in total. The molecule has 4 aromatic rings. The minimum absolute atomic E-state index is 0.00169. The maximum absolute atomic E-state index is 15.4. The fourth-order valence-electron chi connectivity index (χ4n) is 11.9. The van der Waals surface area contributed by atoms with Crippen LogP contribution >= 0.6 is 0 Å². The highest BCUT2D eigenvalue weighted by Crippen LogP contribution is 2.62. The van der Waals surface area contributed by atoms with Gasteiger partial charge in [-0.2, -0.15) is 0 Å². The van der Waals surface area contributed by atoms with E-state index in [4.69, 9.17) is 38.4 Å². The number of hydrogen-bond acceptors (Lipinski definition) is 16. The van der Waals surface area contributed by atoms with Crippen molar-refractivity contribution in [1.82, 2.24) is 10.2 Å². The zero-order valence-electron chi connectivity index (χ0n) is 46.8. The standard InChI is InChI=1S/C62H77N5O15/c1-3-5-6-7-8-9-10-11-12-15-32-63-60(70)80-49-29-31-54-52(38-49)58-50(19-14-17-34-69)45(18-13-16-33-68)37-51-53(64-79-41-43-20-23-46(24-21-43)66(72)73)39-57(62(82-54,59(51)58)78-35-4-2)65(40-44-22-30-55-56(36-44)77-42-76-55)61(71)81-48-27-25-47(26-28-48)67(74)75/h4,20-31,36-38,45,50,57-59,68-69H,2-3,5-19,32-35,39-42H2,1H3,(H,63,70). The monoisotopic (exact) mass is 1130 g/mol. The van der Waals surface area contributed by atoms with Crippen molar-refractivity contribution in [3.8, 4) is 28.7 Å². The van der Waals surface area contributed by atoms with E-state index in [1.54, 1.807) is 48.5 Å². The zero-order chi connectivity index (χ0) is 57.8. The number of aliphatic hydroxyl groups is 2.